The van der Waals surface area contributed by atoms with Crippen LogP contribution in [0.15, 0.2) is 30.6 Å². The summed E-state index contributed by atoms with van der Waals surface area (Å²) in [5.74, 6) is 0.730. The molecule has 0 saturated heterocycles. The Morgan fingerprint density at radius 1 is 1.24 bits per heavy atom. The summed E-state index contributed by atoms with van der Waals surface area (Å²) < 4.78 is 1.98. The Morgan fingerprint density at radius 3 is 2.69 bits per heavy atom. The maximum atomic E-state index is 9.10. The second-order valence-electron chi connectivity index (χ2n) is 6.27. The van der Waals surface area contributed by atoms with Gasteiger partial charge in [0.05, 0.1) is 28.9 Å². The molecule has 0 aromatic carbocycles. The van der Waals surface area contributed by atoms with E-state index in [9.17, 15) is 0 Å². The van der Waals surface area contributed by atoms with Crippen LogP contribution < -0.4 is 11.1 Å². The van der Waals surface area contributed by atoms with Crippen LogP contribution in [0.5, 0.6) is 0 Å². The predicted molar refractivity (Wildman–Crippen MR) is 124 cm³/mol. The van der Waals surface area contributed by atoms with E-state index in [1.165, 1.54) is 0 Å². The SMILES string of the molecule is CNc1nc2[nH]c(-c3cccc([C@H](N)CCO)n3)cc2c2c1ncn2C.Cl.Cl.Cl. The summed E-state index contributed by atoms with van der Waals surface area (Å²) in [6.07, 6.45) is 2.26. The van der Waals surface area contributed by atoms with E-state index in [1.807, 2.05) is 42.9 Å². The van der Waals surface area contributed by atoms with E-state index < -0.39 is 0 Å². The lowest BCUT2D eigenvalue weighted by atomic mass is 10.1. The number of nitrogens with two attached hydrogens (primary N) is 1. The molecule has 1 atom stereocenters. The molecule has 0 spiro atoms. The van der Waals surface area contributed by atoms with Crippen LogP contribution in [0.4, 0.5) is 5.82 Å². The van der Waals surface area contributed by atoms with Gasteiger partial charge in [0.15, 0.2) is 5.82 Å². The molecule has 4 aromatic heterocycles. The smallest absolute Gasteiger partial charge is 0.156 e. The largest absolute Gasteiger partial charge is 0.396 e. The number of H-pyrrole nitrogens is 1. The Morgan fingerprint density at radius 2 is 2.00 bits per heavy atom. The molecule has 0 aliphatic carbocycles. The first-order valence-corrected chi connectivity index (χ1v) is 8.47. The van der Waals surface area contributed by atoms with Crippen LogP contribution in [0.3, 0.4) is 0 Å². The van der Waals surface area contributed by atoms with Gasteiger partial charge >= 0.3 is 0 Å². The van der Waals surface area contributed by atoms with Gasteiger partial charge < -0.3 is 25.7 Å². The number of anilines is 1. The third-order valence-electron chi connectivity index (χ3n) is 4.54. The summed E-state index contributed by atoms with van der Waals surface area (Å²) in [7, 11) is 3.80. The Labute approximate surface area is 186 Å². The molecule has 4 aromatic rings. The van der Waals surface area contributed by atoms with Crippen LogP contribution in [0.2, 0.25) is 0 Å². The molecular formula is C18H24Cl3N7O. The summed E-state index contributed by atoms with van der Waals surface area (Å²) in [4.78, 5) is 17.1. The summed E-state index contributed by atoms with van der Waals surface area (Å²) >= 11 is 0. The number of nitrogens with one attached hydrogen (secondary N) is 2. The van der Waals surface area contributed by atoms with E-state index in [1.54, 1.807) is 6.33 Å². The van der Waals surface area contributed by atoms with Gasteiger partial charge in [-0.3, -0.25) is 0 Å². The predicted octanol–water partition coefficient (Wildman–Crippen LogP) is 3.20. The van der Waals surface area contributed by atoms with Crippen LogP contribution in [0.1, 0.15) is 18.2 Å². The fourth-order valence-corrected chi connectivity index (χ4v) is 3.21. The van der Waals surface area contributed by atoms with E-state index >= 15 is 0 Å². The number of hydrogen-bond donors (Lipinski definition) is 4. The maximum absolute atomic E-state index is 9.10. The molecule has 5 N–H and O–H groups in total. The number of halogens is 3. The van der Waals surface area contributed by atoms with Gasteiger partial charge in [0.25, 0.3) is 0 Å². The van der Waals surface area contributed by atoms with Crippen molar-refractivity contribution >= 4 is 65.1 Å². The second kappa shape index (κ2) is 10.1. The molecule has 0 aliphatic rings. The normalized spacial score (nSPS) is 11.4. The van der Waals surface area contributed by atoms with E-state index in [-0.39, 0.29) is 49.9 Å². The number of fused-ring (bicyclic) bond motifs is 3. The molecule has 0 bridgehead atoms. The molecule has 0 unspecified atom stereocenters. The Balaban J connectivity index is 0.00000140. The van der Waals surface area contributed by atoms with Crippen LogP contribution in [-0.2, 0) is 7.05 Å². The number of imidazole rings is 1. The molecule has 29 heavy (non-hydrogen) atoms. The number of rotatable bonds is 5. The molecule has 4 heterocycles. The highest BCUT2D eigenvalue weighted by Gasteiger charge is 2.16. The van der Waals surface area contributed by atoms with Crippen molar-refractivity contribution < 1.29 is 5.11 Å². The van der Waals surface area contributed by atoms with Crippen LogP contribution in [0, 0.1) is 0 Å². The zero-order chi connectivity index (χ0) is 18.3. The standard InChI is InChI=1S/C18H21N7O.3ClH/c1-20-18-15-16(25(2)9-21-15)10-8-14(23-17(10)24-18)13-5-3-4-12(22-13)11(19)6-7-26;;;/h3-5,8-9,11,26H,6-7,19H2,1-2H3,(H2,20,23,24);3*1H/t11-;;;/m1.../s1. The first kappa shape index (κ1) is 24.9. The molecule has 8 nitrogen and oxygen atoms in total. The number of aromatic nitrogens is 5. The molecule has 158 valence electrons. The molecule has 0 aliphatic heterocycles. The van der Waals surface area contributed by atoms with Crippen LogP contribution in [-0.4, -0.2) is 43.3 Å². The molecule has 0 amide bonds. The summed E-state index contributed by atoms with van der Waals surface area (Å²) in [5.41, 5.74) is 11.1. The fourth-order valence-electron chi connectivity index (χ4n) is 3.21. The number of nitrogens with zero attached hydrogens (tertiary/aromatic N) is 4. The highest BCUT2D eigenvalue weighted by Crippen LogP contribution is 2.31. The van der Waals surface area contributed by atoms with Crippen molar-refractivity contribution in [1.82, 2.24) is 24.5 Å². The number of pyridine rings is 2. The first-order valence-electron chi connectivity index (χ1n) is 8.47. The van der Waals surface area contributed by atoms with Gasteiger partial charge in [-0.1, -0.05) is 6.07 Å². The Bertz CT molecular complexity index is 1100. The molecule has 11 heteroatoms. The summed E-state index contributed by atoms with van der Waals surface area (Å²) in [6.45, 7) is 0.0364. The van der Waals surface area contributed by atoms with Gasteiger partial charge in [-0.15, -0.1) is 37.2 Å². The zero-order valence-electron chi connectivity index (χ0n) is 15.9. The number of aryl methyl sites for hydroxylation is 1. The zero-order valence-corrected chi connectivity index (χ0v) is 18.4. The monoisotopic (exact) mass is 459 g/mol. The minimum atomic E-state index is -0.290. The van der Waals surface area contributed by atoms with Crippen molar-refractivity contribution in [3.63, 3.8) is 0 Å². The van der Waals surface area contributed by atoms with E-state index in [2.05, 4.69) is 25.3 Å². The number of hydrogen-bond acceptors (Lipinski definition) is 6. The van der Waals surface area contributed by atoms with Crippen molar-refractivity contribution in [2.75, 3.05) is 19.0 Å². The highest BCUT2D eigenvalue weighted by molar-refractivity contribution is 6.07. The third kappa shape index (κ3) is 4.41. The van der Waals surface area contributed by atoms with Gasteiger partial charge in [-0.2, -0.15) is 0 Å². The lowest BCUT2D eigenvalue weighted by Crippen LogP contribution is -2.13. The van der Waals surface area contributed by atoms with Crippen molar-refractivity contribution in [3.8, 4) is 11.4 Å². The first-order chi connectivity index (χ1) is 12.6. The average molecular weight is 461 g/mol. The number of aliphatic hydroxyl groups excluding tert-OH is 1. The summed E-state index contributed by atoms with van der Waals surface area (Å²) in [6, 6.07) is 7.48. The van der Waals surface area contributed by atoms with Crippen molar-refractivity contribution in [2.24, 2.45) is 12.8 Å². The molecule has 0 radical (unpaired) electrons. The van der Waals surface area contributed by atoms with Crippen LogP contribution in [0.25, 0.3) is 33.5 Å². The Hall–Kier alpha value is -2.10. The Kier molecular flexibility index (Phi) is 8.67. The summed E-state index contributed by atoms with van der Waals surface area (Å²) in [5, 5.41) is 13.2. The van der Waals surface area contributed by atoms with Gasteiger partial charge in [0.2, 0.25) is 0 Å². The van der Waals surface area contributed by atoms with E-state index in [0.717, 1.165) is 45.0 Å². The van der Waals surface area contributed by atoms with Gasteiger partial charge in [-0.05, 0) is 24.6 Å². The minimum absolute atomic E-state index is 0. The van der Waals surface area contributed by atoms with Crippen molar-refractivity contribution in [3.05, 3.63) is 36.3 Å². The lowest BCUT2D eigenvalue weighted by molar-refractivity contribution is 0.275. The van der Waals surface area contributed by atoms with Gasteiger partial charge in [0.1, 0.15) is 11.2 Å². The number of aliphatic hydroxyl groups is 1. The number of aromatic amines is 1. The molecule has 0 saturated carbocycles. The van der Waals surface area contributed by atoms with Crippen molar-refractivity contribution in [1.29, 1.82) is 0 Å². The molecule has 0 fully saturated rings. The minimum Gasteiger partial charge on any atom is -0.396 e. The van der Waals surface area contributed by atoms with Crippen LogP contribution >= 0.6 is 37.2 Å². The van der Waals surface area contributed by atoms with Gasteiger partial charge in [0, 0.05) is 32.1 Å². The lowest BCUT2D eigenvalue weighted by Gasteiger charge is -2.10. The van der Waals surface area contributed by atoms with E-state index in [4.69, 9.17) is 10.8 Å². The van der Waals surface area contributed by atoms with Crippen molar-refractivity contribution in [2.45, 2.75) is 12.5 Å². The molecular weight excluding hydrogens is 437 g/mol. The fraction of sp³-hybridized carbons (Fsp3) is 0.278. The molecule has 4 rings (SSSR count). The highest BCUT2D eigenvalue weighted by atomic mass is 35.5. The average Bonchev–Trinajstić information content (AvgIpc) is 3.25. The van der Waals surface area contributed by atoms with E-state index in [0.29, 0.717) is 6.42 Å². The topological polar surface area (TPSA) is 118 Å². The quantitative estimate of drug-likeness (QED) is 0.363. The maximum Gasteiger partial charge on any atom is 0.156 e. The third-order valence-corrected chi connectivity index (χ3v) is 4.54. The van der Waals surface area contributed by atoms with Gasteiger partial charge in [-0.25, -0.2) is 15.0 Å². The second-order valence-corrected chi connectivity index (χ2v) is 6.27.